The van der Waals surface area contributed by atoms with Crippen molar-refractivity contribution in [2.75, 3.05) is 12.0 Å². The molecule has 2 N–H and O–H groups in total. The van der Waals surface area contributed by atoms with Crippen LogP contribution in [0.2, 0.25) is 0 Å². The van der Waals surface area contributed by atoms with E-state index >= 15 is 0 Å². The van der Waals surface area contributed by atoms with Crippen LogP contribution in [0, 0.1) is 50.2 Å². The summed E-state index contributed by atoms with van der Waals surface area (Å²) in [5.41, 5.74) is -2.49. The Morgan fingerprint density at radius 3 is 2.17 bits per heavy atom. The lowest BCUT2D eigenvalue weighted by atomic mass is 9.33. The van der Waals surface area contributed by atoms with E-state index in [1.165, 1.54) is 6.26 Å². The second-order valence-corrected chi connectivity index (χ2v) is 17.3. The van der Waals surface area contributed by atoms with Gasteiger partial charge in [-0.05, 0) is 111 Å². The highest BCUT2D eigenvalue weighted by Gasteiger charge is 2.72. The molecule has 1 unspecified atom stereocenters. The molecular formula is C33H48O8S. The summed E-state index contributed by atoms with van der Waals surface area (Å²) in [6.07, 6.45) is 8.42. The number of carboxylic acid groups (broad SMARTS) is 2. The molecular weight excluding hydrogens is 556 g/mol. The van der Waals surface area contributed by atoms with Gasteiger partial charge in [-0.2, -0.15) is 0 Å². The van der Waals surface area contributed by atoms with Crippen LogP contribution in [0.5, 0.6) is 0 Å². The van der Waals surface area contributed by atoms with Crippen LogP contribution in [0.4, 0.5) is 0 Å². The van der Waals surface area contributed by atoms with Crippen LogP contribution in [0.1, 0.15) is 99.3 Å². The molecule has 0 heterocycles. The molecule has 0 amide bonds. The standard InChI is InChI=1S/C33H48O8S/c1-28-12-13-29(2,26(36)37)17-20(28)19-16-21(34)25-30(3)10-9-23(41-24(35)18-42(7)40)33(6,27(38)39)22(30)8-11-32(25,5)31(19,4)15-14-28/h16,20,22-23,25H,8-15,17-18H2,1-7H3,(H,36,37)(H,38,39)/t20-,22+,23-,25+,28+,29-,30-,31+,32+,33-,42?/m0/s1. The third kappa shape index (κ3) is 4.14. The Hall–Kier alpha value is -2.03. The maximum atomic E-state index is 14.5. The Labute approximate surface area is 251 Å². The number of hydrogen-bond donors (Lipinski definition) is 2. The van der Waals surface area contributed by atoms with Crippen LogP contribution in [-0.2, 0) is 34.7 Å². The predicted octanol–water partition coefficient (Wildman–Crippen LogP) is 5.41. The van der Waals surface area contributed by atoms with Gasteiger partial charge in [0.25, 0.3) is 0 Å². The number of hydrogen-bond acceptors (Lipinski definition) is 6. The van der Waals surface area contributed by atoms with Crippen molar-refractivity contribution in [2.45, 2.75) is 105 Å². The topological polar surface area (TPSA) is 135 Å². The van der Waals surface area contributed by atoms with Gasteiger partial charge in [-0.1, -0.05) is 33.3 Å². The fourth-order valence-electron chi connectivity index (χ4n) is 10.9. The number of rotatable bonds is 5. The number of esters is 1. The smallest absolute Gasteiger partial charge is 0.318 e. The highest BCUT2D eigenvalue weighted by Crippen LogP contribution is 2.75. The molecule has 5 aliphatic rings. The molecule has 0 aromatic carbocycles. The Balaban J connectivity index is 1.56. The Morgan fingerprint density at radius 2 is 1.57 bits per heavy atom. The number of fused-ring (bicyclic) bond motifs is 7. The number of carboxylic acids is 2. The molecule has 0 spiro atoms. The fraction of sp³-hybridized carbons (Fsp3) is 0.818. The summed E-state index contributed by atoms with van der Waals surface area (Å²) in [5, 5.41) is 20.8. The van der Waals surface area contributed by atoms with Crippen molar-refractivity contribution in [3.63, 3.8) is 0 Å². The zero-order chi connectivity index (χ0) is 31.3. The van der Waals surface area contributed by atoms with E-state index in [9.17, 15) is 33.6 Å². The molecule has 11 atom stereocenters. The molecule has 5 aliphatic carbocycles. The molecule has 5 rings (SSSR count). The van der Waals surface area contributed by atoms with E-state index in [1.807, 2.05) is 13.0 Å². The van der Waals surface area contributed by atoms with Crippen LogP contribution >= 0.6 is 0 Å². The summed E-state index contributed by atoms with van der Waals surface area (Å²) < 4.78 is 17.4. The molecule has 234 valence electrons. The van der Waals surface area contributed by atoms with Gasteiger partial charge in [-0.3, -0.25) is 23.4 Å². The number of allylic oxidation sites excluding steroid dienone is 2. The summed E-state index contributed by atoms with van der Waals surface area (Å²) in [6.45, 7) is 12.4. The fourth-order valence-corrected chi connectivity index (χ4v) is 11.3. The van der Waals surface area contributed by atoms with Crippen LogP contribution in [0.25, 0.3) is 0 Å². The zero-order valence-corrected chi connectivity index (χ0v) is 27.0. The molecule has 42 heavy (non-hydrogen) atoms. The van der Waals surface area contributed by atoms with E-state index in [2.05, 4.69) is 27.7 Å². The zero-order valence-electron chi connectivity index (χ0n) is 26.2. The number of ketones is 1. The second kappa shape index (κ2) is 9.73. The lowest BCUT2D eigenvalue weighted by Crippen LogP contribution is -2.68. The van der Waals surface area contributed by atoms with Crippen molar-refractivity contribution in [3.05, 3.63) is 11.6 Å². The van der Waals surface area contributed by atoms with Gasteiger partial charge in [0.05, 0.1) is 5.41 Å². The molecule has 0 aromatic rings. The van der Waals surface area contributed by atoms with Crippen molar-refractivity contribution in [1.29, 1.82) is 0 Å². The normalized spacial score (nSPS) is 48.8. The maximum Gasteiger partial charge on any atom is 0.318 e. The molecule has 9 heteroatoms. The highest BCUT2D eigenvalue weighted by molar-refractivity contribution is 7.84. The quantitative estimate of drug-likeness (QED) is 0.398. The lowest BCUT2D eigenvalue weighted by Gasteiger charge is -2.70. The van der Waals surface area contributed by atoms with Crippen molar-refractivity contribution in [3.8, 4) is 0 Å². The largest absolute Gasteiger partial charge is 0.481 e. The minimum atomic E-state index is -1.40. The van der Waals surface area contributed by atoms with E-state index in [0.29, 0.717) is 38.5 Å². The Morgan fingerprint density at radius 1 is 0.929 bits per heavy atom. The molecule has 0 aromatic heterocycles. The first-order valence-electron chi connectivity index (χ1n) is 15.5. The van der Waals surface area contributed by atoms with Crippen LogP contribution in [-0.4, -0.2) is 56.2 Å². The summed E-state index contributed by atoms with van der Waals surface area (Å²) in [4.78, 5) is 52.3. The van der Waals surface area contributed by atoms with Crippen LogP contribution in [0.3, 0.4) is 0 Å². The molecule has 0 saturated heterocycles. The van der Waals surface area contributed by atoms with E-state index in [1.54, 1.807) is 6.92 Å². The third-order valence-corrected chi connectivity index (χ3v) is 14.4. The van der Waals surface area contributed by atoms with Gasteiger partial charge >= 0.3 is 17.9 Å². The van der Waals surface area contributed by atoms with E-state index in [-0.39, 0.29) is 34.2 Å². The van der Waals surface area contributed by atoms with E-state index in [0.717, 1.165) is 24.8 Å². The van der Waals surface area contributed by atoms with Crippen molar-refractivity contribution in [2.24, 2.45) is 50.2 Å². The van der Waals surface area contributed by atoms with Gasteiger partial charge in [0.2, 0.25) is 0 Å². The van der Waals surface area contributed by atoms with E-state index in [4.69, 9.17) is 4.74 Å². The summed E-state index contributed by atoms with van der Waals surface area (Å²) in [7, 11) is -1.40. The maximum absolute atomic E-state index is 14.5. The first-order valence-corrected chi connectivity index (χ1v) is 17.2. The van der Waals surface area contributed by atoms with Crippen LogP contribution < -0.4 is 0 Å². The number of carbonyl (C=O) groups excluding carboxylic acids is 2. The van der Waals surface area contributed by atoms with Crippen molar-refractivity contribution in [1.82, 2.24) is 0 Å². The van der Waals surface area contributed by atoms with Crippen molar-refractivity contribution < 1.29 is 38.3 Å². The highest BCUT2D eigenvalue weighted by atomic mass is 32.2. The average molecular weight is 605 g/mol. The lowest BCUT2D eigenvalue weighted by molar-refractivity contribution is -0.220. The molecule has 4 saturated carbocycles. The summed E-state index contributed by atoms with van der Waals surface area (Å²) in [5.74, 6) is -3.47. The number of aliphatic carboxylic acids is 2. The Kier molecular flexibility index (Phi) is 7.28. The van der Waals surface area contributed by atoms with Gasteiger partial charge in [-0.15, -0.1) is 0 Å². The monoisotopic (exact) mass is 604 g/mol. The summed E-state index contributed by atoms with van der Waals surface area (Å²) >= 11 is 0. The van der Waals surface area contributed by atoms with Gasteiger partial charge < -0.3 is 14.9 Å². The van der Waals surface area contributed by atoms with Gasteiger partial charge in [0.15, 0.2) is 5.78 Å². The minimum Gasteiger partial charge on any atom is -0.481 e. The first kappa shape index (κ1) is 31.4. The first-order chi connectivity index (χ1) is 19.3. The van der Waals surface area contributed by atoms with Crippen LogP contribution in [0.15, 0.2) is 11.6 Å². The second-order valence-electron chi connectivity index (χ2n) is 15.9. The molecule has 0 bridgehead atoms. The summed E-state index contributed by atoms with van der Waals surface area (Å²) in [6, 6.07) is 0. The third-order valence-electron chi connectivity index (χ3n) is 13.8. The molecule has 4 fully saturated rings. The number of carbonyl (C=O) groups is 4. The van der Waals surface area contributed by atoms with E-state index < -0.39 is 62.4 Å². The van der Waals surface area contributed by atoms with Gasteiger partial charge in [0.1, 0.15) is 17.3 Å². The molecule has 8 nitrogen and oxygen atoms in total. The SMILES string of the molecule is CS(=O)CC(=O)O[C@H]1CC[C@@]2(C)[C@@H](CC[C@]3(C)[C@@H]2C(=O)C=C2[C@@H]4C[C@@](C)(C(=O)O)CC[C@]4(C)CC[C@]23C)[C@]1(C)C(=O)O. The Bertz CT molecular complexity index is 1290. The molecule has 0 radical (unpaired) electrons. The average Bonchev–Trinajstić information content (AvgIpc) is 2.87. The van der Waals surface area contributed by atoms with Gasteiger partial charge in [-0.25, -0.2) is 0 Å². The number of ether oxygens (including phenoxy) is 1. The minimum absolute atomic E-state index is 0.0157. The van der Waals surface area contributed by atoms with Crippen molar-refractivity contribution >= 4 is 34.5 Å². The molecule has 0 aliphatic heterocycles. The predicted molar refractivity (Wildman–Crippen MR) is 158 cm³/mol. The van der Waals surface area contributed by atoms with Gasteiger partial charge in [0, 0.05) is 23.0 Å².